The second kappa shape index (κ2) is 7.87. The number of hydrogen-bond donors (Lipinski definition) is 1. The number of aromatic nitrogens is 2. The number of halogens is 1. The molecule has 146 valence electrons. The van der Waals surface area contributed by atoms with E-state index in [1.165, 1.54) is 31.5 Å². The summed E-state index contributed by atoms with van der Waals surface area (Å²) in [6, 6.07) is 4.24. The molecule has 0 radical (unpaired) electrons. The van der Waals surface area contributed by atoms with E-state index in [-0.39, 0.29) is 20.6 Å². The first-order valence-corrected chi connectivity index (χ1v) is 10.3. The number of nitrogen functional groups attached to an aromatic ring is 1. The largest absolute Gasteiger partial charge is 0.495 e. The Balaban J connectivity index is 1.91. The molecule has 0 unspecified atom stereocenters. The van der Waals surface area contributed by atoms with Crippen molar-refractivity contribution in [1.29, 1.82) is 0 Å². The molecule has 0 amide bonds. The summed E-state index contributed by atoms with van der Waals surface area (Å²) in [5.41, 5.74) is 5.99. The lowest BCUT2D eigenvalue weighted by molar-refractivity contribution is 0.360. The Bertz CT molecular complexity index is 938. The summed E-state index contributed by atoms with van der Waals surface area (Å²) in [5.74, 6) is 0.750. The maximum atomic E-state index is 12.9. The number of sulfone groups is 1. The van der Waals surface area contributed by atoms with Crippen LogP contribution in [0.3, 0.4) is 0 Å². The molecule has 1 fully saturated rings. The maximum Gasteiger partial charge on any atom is 0.227 e. The molecule has 3 rings (SSSR count). The van der Waals surface area contributed by atoms with E-state index in [2.05, 4.69) is 21.9 Å². The molecule has 1 saturated heterocycles. The smallest absolute Gasteiger partial charge is 0.227 e. The van der Waals surface area contributed by atoms with Crippen LogP contribution in [0, 0.1) is 0 Å². The third kappa shape index (κ3) is 4.10. The van der Waals surface area contributed by atoms with Crippen LogP contribution in [0.2, 0.25) is 5.02 Å². The molecule has 8 nitrogen and oxygen atoms in total. The van der Waals surface area contributed by atoms with Gasteiger partial charge in [0.2, 0.25) is 15.8 Å². The SMILES string of the molecule is COc1ccc(S(=O)(=O)c2cnc(N3CCCN(C)CC3)nc2N)cc1Cl. The van der Waals surface area contributed by atoms with E-state index in [9.17, 15) is 8.42 Å². The highest BCUT2D eigenvalue weighted by Gasteiger charge is 2.25. The molecule has 2 N–H and O–H groups in total. The van der Waals surface area contributed by atoms with E-state index in [4.69, 9.17) is 22.1 Å². The standard InChI is InChI=1S/C17H22ClN5O3S/c1-22-6-3-7-23(9-8-22)17-20-11-15(16(19)21-17)27(24,25)12-4-5-14(26-2)13(18)10-12/h4-5,10-11H,3,6-9H2,1-2H3,(H2,19,20,21). The molecule has 1 aliphatic heterocycles. The number of benzene rings is 1. The second-order valence-corrected chi connectivity index (χ2v) is 8.69. The Hall–Kier alpha value is -2.10. The molecule has 0 spiro atoms. The minimum atomic E-state index is -3.90. The lowest BCUT2D eigenvalue weighted by Crippen LogP contribution is -2.30. The highest BCUT2D eigenvalue weighted by Crippen LogP contribution is 2.31. The summed E-state index contributed by atoms with van der Waals surface area (Å²) >= 11 is 6.05. The average Bonchev–Trinajstić information content (AvgIpc) is 2.86. The molecule has 1 aromatic heterocycles. The molecule has 2 heterocycles. The summed E-state index contributed by atoms with van der Waals surface area (Å²) in [5, 5.41) is 0.198. The number of nitrogens with two attached hydrogens (primary N) is 1. The van der Waals surface area contributed by atoms with Gasteiger partial charge >= 0.3 is 0 Å². The fraction of sp³-hybridized carbons (Fsp3) is 0.412. The monoisotopic (exact) mass is 411 g/mol. The highest BCUT2D eigenvalue weighted by molar-refractivity contribution is 7.91. The van der Waals surface area contributed by atoms with Crippen molar-refractivity contribution < 1.29 is 13.2 Å². The van der Waals surface area contributed by atoms with E-state index in [1.807, 2.05) is 4.90 Å². The molecule has 1 aromatic carbocycles. The summed E-state index contributed by atoms with van der Waals surface area (Å²) < 4.78 is 30.9. The van der Waals surface area contributed by atoms with E-state index in [0.29, 0.717) is 11.7 Å². The van der Waals surface area contributed by atoms with Gasteiger partial charge in [-0.2, -0.15) is 4.98 Å². The van der Waals surface area contributed by atoms with Gasteiger partial charge in [0.1, 0.15) is 16.5 Å². The zero-order chi connectivity index (χ0) is 19.6. The van der Waals surface area contributed by atoms with Crippen molar-refractivity contribution in [3.63, 3.8) is 0 Å². The summed E-state index contributed by atoms with van der Waals surface area (Å²) in [6.45, 7) is 3.43. The lowest BCUT2D eigenvalue weighted by atomic mass is 10.3. The molecule has 1 aliphatic rings. The Kier molecular flexibility index (Phi) is 5.73. The lowest BCUT2D eigenvalue weighted by Gasteiger charge is -2.21. The number of methoxy groups -OCH3 is 1. The molecule has 2 aromatic rings. The normalized spacial score (nSPS) is 16.2. The van der Waals surface area contributed by atoms with Gasteiger partial charge in [-0.15, -0.1) is 0 Å². The third-order valence-corrected chi connectivity index (χ3v) is 6.56. The Labute approximate surface area is 163 Å². The molecular weight excluding hydrogens is 390 g/mol. The van der Waals surface area contributed by atoms with Gasteiger partial charge in [-0.25, -0.2) is 13.4 Å². The first-order chi connectivity index (χ1) is 12.8. The first-order valence-electron chi connectivity index (χ1n) is 8.47. The van der Waals surface area contributed by atoms with E-state index in [0.717, 1.165) is 32.6 Å². The van der Waals surface area contributed by atoms with Crippen LogP contribution in [-0.4, -0.2) is 63.6 Å². The summed E-state index contributed by atoms with van der Waals surface area (Å²) in [6.07, 6.45) is 2.24. The summed E-state index contributed by atoms with van der Waals surface area (Å²) in [4.78, 5) is 12.6. The van der Waals surface area contributed by atoms with Gasteiger partial charge in [0.25, 0.3) is 0 Å². The third-order valence-electron chi connectivity index (χ3n) is 4.50. The van der Waals surface area contributed by atoms with Crippen LogP contribution in [0.25, 0.3) is 0 Å². The molecule has 0 aliphatic carbocycles. The molecular formula is C17H22ClN5O3S. The Morgan fingerprint density at radius 2 is 2.00 bits per heavy atom. The van der Waals surface area contributed by atoms with Crippen LogP contribution in [0.4, 0.5) is 11.8 Å². The maximum absolute atomic E-state index is 12.9. The number of ether oxygens (including phenoxy) is 1. The Morgan fingerprint density at radius 3 is 2.67 bits per heavy atom. The van der Waals surface area contributed by atoms with Gasteiger partial charge in [0, 0.05) is 19.6 Å². The van der Waals surface area contributed by atoms with Gasteiger partial charge in [-0.3, -0.25) is 0 Å². The molecule has 0 saturated carbocycles. The number of rotatable bonds is 4. The van der Waals surface area contributed by atoms with Crippen LogP contribution in [0.15, 0.2) is 34.2 Å². The van der Waals surface area contributed by atoms with Crippen molar-refractivity contribution >= 4 is 33.2 Å². The zero-order valence-corrected chi connectivity index (χ0v) is 16.8. The van der Waals surface area contributed by atoms with Crippen LogP contribution >= 0.6 is 11.6 Å². The van der Waals surface area contributed by atoms with Crippen molar-refractivity contribution in [2.75, 3.05) is 51.0 Å². The number of anilines is 2. The van der Waals surface area contributed by atoms with Gasteiger partial charge in [-0.05, 0) is 38.2 Å². The van der Waals surface area contributed by atoms with Gasteiger partial charge in [0.15, 0.2) is 0 Å². The van der Waals surface area contributed by atoms with E-state index < -0.39 is 9.84 Å². The van der Waals surface area contributed by atoms with Crippen molar-refractivity contribution in [3.8, 4) is 5.75 Å². The molecule has 10 heteroatoms. The van der Waals surface area contributed by atoms with Gasteiger partial charge < -0.3 is 20.3 Å². The van der Waals surface area contributed by atoms with Crippen LogP contribution in [0.1, 0.15) is 6.42 Å². The second-order valence-electron chi connectivity index (χ2n) is 6.36. The zero-order valence-electron chi connectivity index (χ0n) is 15.2. The van der Waals surface area contributed by atoms with Crippen molar-refractivity contribution in [2.45, 2.75) is 16.2 Å². The Morgan fingerprint density at radius 1 is 1.22 bits per heavy atom. The van der Waals surface area contributed by atoms with E-state index in [1.54, 1.807) is 0 Å². The average molecular weight is 412 g/mol. The quantitative estimate of drug-likeness (QED) is 0.811. The highest BCUT2D eigenvalue weighted by atomic mass is 35.5. The predicted molar refractivity (Wildman–Crippen MR) is 104 cm³/mol. The van der Waals surface area contributed by atoms with Crippen LogP contribution in [-0.2, 0) is 9.84 Å². The molecule has 27 heavy (non-hydrogen) atoms. The number of hydrogen-bond acceptors (Lipinski definition) is 8. The van der Waals surface area contributed by atoms with Gasteiger partial charge in [-0.1, -0.05) is 11.6 Å². The van der Waals surface area contributed by atoms with Crippen LogP contribution in [0.5, 0.6) is 5.75 Å². The predicted octanol–water partition coefficient (Wildman–Crippen LogP) is 1.70. The fourth-order valence-electron chi connectivity index (χ4n) is 2.92. The fourth-order valence-corrected chi connectivity index (χ4v) is 4.53. The van der Waals surface area contributed by atoms with Crippen molar-refractivity contribution in [2.24, 2.45) is 0 Å². The van der Waals surface area contributed by atoms with Crippen molar-refractivity contribution in [3.05, 3.63) is 29.4 Å². The number of nitrogens with zero attached hydrogens (tertiary/aromatic N) is 4. The van der Waals surface area contributed by atoms with Gasteiger partial charge in [0.05, 0.1) is 23.2 Å². The topological polar surface area (TPSA) is 102 Å². The molecule has 0 atom stereocenters. The summed E-state index contributed by atoms with van der Waals surface area (Å²) in [7, 11) is -0.375. The first kappa shape index (κ1) is 19.7. The minimum Gasteiger partial charge on any atom is -0.495 e. The molecule has 0 bridgehead atoms. The van der Waals surface area contributed by atoms with E-state index >= 15 is 0 Å². The van der Waals surface area contributed by atoms with Crippen molar-refractivity contribution in [1.82, 2.24) is 14.9 Å². The minimum absolute atomic E-state index is 0.00717. The number of likely N-dealkylation sites (N-methyl/N-ethyl adjacent to an activating group) is 1. The van der Waals surface area contributed by atoms with Crippen LogP contribution < -0.4 is 15.4 Å².